The first-order chi connectivity index (χ1) is 25.2. The molecule has 2 heterocycles. The number of carbonyl (C=O) groups is 1. The van der Waals surface area contributed by atoms with E-state index in [1.165, 1.54) is 0 Å². The molecular formula is C41H44O10. The molecular weight excluding hydrogens is 652 g/mol. The van der Waals surface area contributed by atoms with E-state index in [1.54, 1.807) is 24.3 Å². The normalized spacial score (nSPS) is 16.6. The number of unbranched alkanes of at least 4 members (excludes halogenated alkanes) is 2. The van der Waals surface area contributed by atoms with Crippen LogP contribution >= 0.6 is 0 Å². The van der Waals surface area contributed by atoms with Crippen LogP contribution < -0.4 is 19.1 Å². The van der Waals surface area contributed by atoms with Crippen molar-refractivity contribution in [3.05, 3.63) is 107 Å². The van der Waals surface area contributed by atoms with E-state index in [4.69, 9.17) is 42.9 Å². The summed E-state index contributed by atoms with van der Waals surface area (Å²) in [4.78, 5) is 24.1. The van der Waals surface area contributed by atoms with Crippen LogP contribution in [0.15, 0.2) is 84.9 Å². The van der Waals surface area contributed by atoms with Crippen molar-refractivity contribution in [3.8, 4) is 34.1 Å². The van der Waals surface area contributed by atoms with Crippen LogP contribution in [0.1, 0.15) is 52.7 Å². The molecule has 0 spiro atoms. The minimum absolute atomic E-state index is 0.296. The van der Waals surface area contributed by atoms with Crippen molar-refractivity contribution in [2.24, 2.45) is 0 Å². The summed E-state index contributed by atoms with van der Waals surface area (Å²) in [5.74, 6) is 2.25. The molecule has 0 saturated carbocycles. The van der Waals surface area contributed by atoms with Gasteiger partial charge in [-0.15, -0.1) is 0 Å². The zero-order valence-electron chi connectivity index (χ0n) is 28.7. The van der Waals surface area contributed by atoms with E-state index in [9.17, 15) is 4.79 Å². The van der Waals surface area contributed by atoms with Crippen LogP contribution in [0.25, 0.3) is 11.1 Å². The van der Waals surface area contributed by atoms with Gasteiger partial charge in [0.15, 0.2) is 5.75 Å². The molecule has 0 aromatic heterocycles. The van der Waals surface area contributed by atoms with Gasteiger partial charge in [-0.3, -0.25) is 0 Å². The Bertz CT molecular complexity index is 1710. The molecule has 2 fully saturated rings. The number of hydrogen-bond acceptors (Lipinski definition) is 10. The lowest BCUT2D eigenvalue weighted by Crippen LogP contribution is -2.08. The molecule has 0 amide bonds. The molecule has 0 radical (unpaired) electrons. The molecule has 4 aromatic carbocycles. The molecule has 268 valence electrons. The van der Waals surface area contributed by atoms with Crippen LogP contribution in [-0.4, -0.2) is 71.0 Å². The summed E-state index contributed by atoms with van der Waals surface area (Å²) in [7, 11) is 0. The molecule has 2 unspecified atom stereocenters. The number of epoxide rings is 2. The maximum atomic E-state index is 12.9. The van der Waals surface area contributed by atoms with Gasteiger partial charge in [-0.05, 0) is 121 Å². The Hall–Kier alpha value is -4.45. The lowest BCUT2D eigenvalue weighted by Gasteiger charge is -2.09. The smallest absolute Gasteiger partial charge is 0.343 e. The van der Waals surface area contributed by atoms with Gasteiger partial charge >= 0.3 is 5.97 Å². The van der Waals surface area contributed by atoms with Crippen LogP contribution in [-0.2, 0) is 36.9 Å². The van der Waals surface area contributed by atoms with Crippen LogP contribution in [0.5, 0.6) is 23.0 Å². The van der Waals surface area contributed by atoms with Crippen molar-refractivity contribution < 1.29 is 47.7 Å². The Labute approximate surface area is 298 Å². The van der Waals surface area contributed by atoms with Gasteiger partial charge in [0, 0.05) is 13.2 Å². The first-order valence-electron chi connectivity index (χ1n) is 17.8. The maximum Gasteiger partial charge on any atom is 0.343 e. The van der Waals surface area contributed by atoms with Crippen molar-refractivity contribution in [1.29, 1.82) is 0 Å². The molecule has 2 saturated heterocycles. The lowest BCUT2D eigenvalue weighted by atomic mass is 10.1. The summed E-state index contributed by atoms with van der Waals surface area (Å²) >= 11 is 0. The van der Waals surface area contributed by atoms with Crippen molar-refractivity contribution in [1.82, 2.24) is 0 Å². The van der Waals surface area contributed by atoms with Gasteiger partial charge in [-0.25, -0.2) is 4.79 Å². The average Bonchev–Trinajstić information content (AvgIpc) is 4.10. The predicted molar refractivity (Wildman–Crippen MR) is 189 cm³/mol. The van der Waals surface area contributed by atoms with E-state index in [1.807, 2.05) is 60.7 Å². The summed E-state index contributed by atoms with van der Waals surface area (Å²) in [6.07, 6.45) is 5.02. The van der Waals surface area contributed by atoms with E-state index in [0.29, 0.717) is 81.1 Å². The summed E-state index contributed by atoms with van der Waals surface area (Å²) in [5, 5.41) is 0. The number of esters is 1. The molecule has 2 atom stereocenters. The first-order valence-corrected chi connectivity index (χ1v) is 17.8. The Balaban J connectivity index is 0.806. The summed E-state index contributed by atoms with van der Waals surface area (Å²) in [6.45, 7) is 5.99. The molecule has 4 aromatic rings. The summed E-state index contributed by atoms with van der Waals surface area (Å²) in [5.41, 5.74) is 5.88. The fourth-order valence-electron chi connectivity index (χ4n) is 5.73. The second-order valence-electron chi connectivity index (χ2n) is 12.9. The van der Waals surface area contributed by atoms with Crippen molar-refractivity contribution >= 4 is 5.97 Å². The fraction of sp³-hybridized carbons (Fsp3) is 0.390. The van der Waals surface area contributed by atoms with E-state index in [2.05, 4.69) is 0 Å². The monoisotopic (exact) mass is 696 g/mol. The molecule has 51 heavy (non-hydrogen) atoms. The molecule has 7 rings (SSSR count). The summed E-state index contributed by atoms with van der Waals surface area (Å²) < 4.78 is 38.7. The topological polar surface area (TPSA) is 107 Å². The highest BCUT2D eigenvalue weighted by Gasteiger charge is 2.23. The standard InChI is InChI=1S/C41H44O10/c42-41(30-7-11-34(12-8-30)46-20-4-2-18-44-26-38-28-48-38)50-35-13-15-39-31(22-35)21-32-23-36(14-16-40(32)39)51-49-24-29-5-9-33(10-6-29)45-19-3-1-17-43-25-37-27-47-37/h5-16,22-23,37-38H,1-4,17-21,24-28H2. The van der Waals surface area contributed by atoms with Gasteiger partial charge in [0.1, 0.15) is 36.1 Å². The molecule has 0 N–H and O–H groups in total. The minimum Gasteiger partial charge on any atom is -0.494 e. The van der Waals surface area contributed by atoms with Gasteiger partial charge in [0.05, 0.1) is 45.2 Å². The SMILES string of the molecule is O=C(Oc1ccc2c(c1)Cc1cc(OOCc3ccc(OCCCCOCC4CO4)cc3)ccc1-2)c1ccc(OCCCCOCC2CO2)cc1. The second kappa shape index (κ2) is 17.7. The number of fused-ring (bicyclic) bond motifs is 3. The van der Waals surface area contributed by atoms with Crippen LogP contribution in [0.2, 0.25) is 0 Å². The quantitative estimate of drug-likeness (QED) is 0.0185. The van der Waals surface area contributed by atoms with Gasteiger partial charge in [-0.1, -0.05) is 24.3 Å². The van der Waals surface area contributed by atoms with Crippen LogP contribution in [0, 0.1) is 0 Å². The van der Waals surface area contributed by atoms with E-state index in [-0.39, 0.29) is 0 Å². The molecule has 1 aliphatic carbocycles. The minimum atomic E-state index is -0.416. The summed E-state index contributed by atoms with van der Waals surface area (Å²) in [6, 6.07) is 26.5. The fourth-order valence-corrected chi connectivity index (χ4v) is 5.73. The Morgan fingerprint density at radius 2 is 1.12 bits per heavy atom. The molecule has 10 heteroatoms. The van der Waals surface area contributed by atoms with Crippen LogP contribution in [0.4, 0.5) is 0 Å². The third kappa shape index (κ3) is 10.8. The molecule has 3 aliphatic rings. The maximum absolute atomic E-state index is 12.9. The van der Waals surface area contributed by atoms with Gasteiger partial charge in [0.2, 0.25) is 0 Å². The highest BCUT2D eigenvalue weighted by molar-refractivity contribution is 5.91. The van der Waals surface area contributed by atoms with Gasteiger partial charge in [0.25, 0.3) is 0 Å². The Morgan fingerprint density at radius 1 is 0.608 bits per heavy atom. The number of carbonyl (C=O) groups excluding carboxylic acids is 1. The van der Waals surface area contributed by atoms with E-state index < -0.39 is 5.97 Å². The van der Waals surface area contributed by atoms with E-state index in [0.717, 1.165) is 79.1 Å². The third-order valence-electron chi connectivity index (χ3n) is 8.74. The Morgan fingerprint density at radius 3 is 1.71 bits per heavy atom. The zero-order chi connectivity index (χ0) is 34.7. The van der Waals surface area contributed by atoms with Gasteiger partial charge < -0.3 is 38.0 Å². The average molecular weight is 697 g/mol. The first kappa shape index (κ1) is 35.0. The zero-order valence-corrected chi connectivity index (χ0v) is 28.7. The second-order valence-corrected chi connectivity index (χ2v) is 12.9. The number of benzene rings is 4. The number of ether oxygens (including phenoxy) is 7. The van der Waals surface area contributed by atoms with Crippen molar-refractivity contribution in [2.75, 3.05) is 52.9 Å². The molecule has 10 nitrogen and oxygen atoms in total. The lowest BCUT2D eigenvalue weighted by molar-refractivity contribution is -0.217. The number of hydrogen-bond donors (Lipinski definition) is 0. The highest BCUT2D eigenvalue weighted by Crippen LogP contribution is 2.40. The van der Waals surface area contributed by atoms with Crippen LogP contribution in [0.3, 0.4) is 0 Å². The van der Waals surface area contributed by atoms with Gasteiger partial charge in [-0.2, -0.15) is 4.89 Å². The highest BCUT2D eigenvalue weighted by atomic mass is 17.2. The molecule has 2 aliphatic heterocycles. The largest absolute Gasteiger partial charge is 0.494 e. The van der Waals surface area contributed by atoms with E-state index >= 15 is 0 Å². The Kier molecular flexibility index (Phi) is 12.1. The molecule has 0 bridgehead atoms. The third-order valence-corrected chi connectivity index (χ3v) is 8.74. The van der Waals surface area contributed by atoms with Crippen molar-refractivity contribution in [2.45, 2.75) is 50.9 Å². The van der Waals surface area contributed by atoms with Crippen molar-refractivity contribution in [3.63, 3.8) is 0 Å². The predicted octanol–water partition coefficient (Wildman–Crippen LogP) is 7.14. The number of rotatable bonds is 22.